The summed E-state index contributed by atoms with van der Waals surface area (Å²) in [5.74, 6) is 1.75. The molecule has 0 saturated heterocycles. The van der Waals surface area contributed by atoms with Crippen molar-refractivity contribution in [1.29, 1.82) is 0 Å². The molecule has 1 unspecified atom stereocenters. The quantitative estimate of drug-likeness (QED) is 0.830. The lowest BCUT2D eigenvalue weighted by atomic mass is 10.1. The predicted octanol–water partition coefficient (Wildman–Crippen LogP) is 2.90. The van der Waals surface area contributed by atoms with Crippen LogP contribution in [0.15, 0.2) is 28.6 Å². The van der Waals surface area contributed by atoms with Gasteiger partial charge in [-0.1, -0.05) is 30.8 Å². The molecule has 0 fully saturated rings. The Morgan fingerprint density at radius 3 is 2.95 bits per heavy atom. The van der Waals surface area contributed by atoms with Crippen LogP contribution in [0, 0.1) is 0 Å². The highest BCUT2D eigenvalue weighted by molar-refractivity contribution is 8.01. The van der Waals surface area contributed by atoms with Gasteiger partial charge in [0.15, 0.2) is 4.34 Å². The largest absolute Gasteiger partial charge is 0.497 e. The van der Waals surface area contributed by atoms with Gasteiger partial charge in [-0.2, -0.15) is 4.37 Å². The second kappa shape index (κ2) is 6.88. The van der Waals surface area contributed by atoms with Crippen molar-refractivity contribution in [2.75, 3.05) is 13.7 Å². The zero-order chi connectivity index (χ0) is 13.7. The molecular weight excluding hydrogens is 278 g/mol. The molecule has 1 aromatic heterocycles. The lowest BCUT2D eigenvalue weighted by molar-refractivity contribution is 0.414. The molecule has 1 aromatic carbocycles. The second-order valence-corrected chi connectivity index (χ2v) is 6.15. The van der Waals surface area contributed by atoms with Gasteiger partial charge in [0.05, 0.1) is 7.11 Å². The summed E-state index contributed by atoms with van der Waals surface area (Å²) in [6, 6.07) is 8.00. The van der Waals surface area contributed by atoms with Gasteiger partial charge in [0.2, 0.25) is 0 Å². The molecule has 0 radical (unpaired) electrons. The van der Waals surface area contributed by atoms with Gasteiger partial charge in [-0.05, 0) is 29.2 Å². The molecule has 0 aliphatic heterocycles. The number of rotatable bonds is 6. The van der Waals surface area contributed by atoms with Gasteiger partial charge in [0.25, 0.3) is 0 Å². The summed E-state index contributed by atoms with van der Waals surface area (Å²) >= 11 is 3.10. The van der Waals surface area contributed by atoms with E-state index in [9.17, 15) is 0 Å². The van der Waals surface area contributed by atoms with Crippen molar-refractivity contribution >= 4 is 23.3 Å². The van der Waals surface area contributed by atoms with Crippen LogP contribution < -0.4 is 10.5 Å². The Kier molecular flexibility index (Phi) is 5.18. The molecule has 0 aliphatic rings. The Morgan fingerprint density at radius 2 is 2.32 bits per heavy atom. The van der Waals surface area contributed by atoms with Gasteiger partial charge in [-0.15, -0.1) is 0 Å². The molecule has 2 rings (SSSR count). The number of nitrogens with two attached hydrogens (primary N) is 1. The monoisotopic (exact) mass is 295 g/mol. The Bertz CT molecular complexity index is 530. The number of ether oxygens (including phenoxy) is 1. The van der Waals surface area contributed by atoms with Crippen LogP contribution in [0.3, 0.4) is 0 Å². The van der Waals surface area contributed by atoms with E-state index in [1.54, 1.807) is 18.9 Å². The molecular formula is C13H17N3OS2. The number of hydrogen-bond acceptors (Lipinski definition) is 6. The first-order valence-electron chi connectivity index (χ1n) is 6.10. The zero-order valence-corrected chi connectivity index (χ0v) is 12.6. The average Bonchev–Trinajstić information content (AvgIpc) is 2.92. The van der Waals surface area contributed by atoms with Crippen LogP contribution in [-0.2, 0) is 6.42 Å². The highest BCUT2D eigenvalue weighted by Crippen LogP contribution is 2.36. The van der Waals surface area contributed by atoms with Crippen molar-refractivity contribution in [2.45, 2.75) is 22.9 Å². The van der Waals surface area contributed by atoms with Gasteiger partial charge < -0.3 is 10.5 Å². The van der Waals surface area contributed by atoms with E-state index in [-0.39, 0.29) is 5.25 Å². The van der Waals surface area contributed by atoms with Crippen molar-refractivity contribution in [2.24, 2.45) is 5.73 Å². The number of aromatic nitrogens is 2. The lowest BCUT2D eigenvalue weighted by Crippen LogP contribution is -2.09. The number of nitrogens with zero attached hydrogens (tertiary/aromatic N) is 2. The summed E-state index contributed by atoms with van der Waals surface area (Å²) in [5, 5.41) is 0.174. The van der Waals surface area contributed by atoms with Crippen LogP contribution in [0.2, 0.25) is 0 Å². The summed E-state index contributed by atoms with van der Waals surface area (Å²) in [6.07, 6.45) is 0.865. The summed E-state index contributed by atoms with van der Waals surface area (Å²) in [7, 11) is 1.67. The van der Waals surface area contributed by atoms with Crippen molar-refractivity contribution in [3.05, 3.63) is 35.7 Å². The van der Waals surface area contributed by atoms with Crippen LogP contribution >= 0.6 is 23.3 Å². The fourth-order valence-corrected chi connectivity index (χ4v) is 3.56. The maximum absolute atomic E-state index is 5.88. The van der Waals surface area contributed by atoms with Crippen molar-refractivity contribution in [3.63, 3.8) is 0 Å². The van der Waals surface area contributed by atoms with Crippen molar-refractivity contribution < 1.29 is 4.74 Å². The average molecular weight is 295 g/mol. The van der Waals surface area contributed by atoms with E-state index < -0.39 is 0 Å². The third-order valence-corrected chi connectivity index (χ3v) is 4.79. The van der Waals surface area contributed by atoms with Crippen LogP contribution in [0.1, 0.15) is 23.6 Å². The first-order chi connectivity index (χ1) is 9.26. The van der Waals surface area contributed by atoms with E-state index in [0.29, 0.717) is 6.54 Å². The molecule has 0 spiro atoms. The molecule has 6 heteroatoms. The van der Waals surface area contributed by atoms with Crippen LogP contribution in [0.4, 0.5) is 0 Å². The Balaban J connectivity index is 2.14. The standard InChI is InChI=1S/C13H17N3OS2/c1-3-12-15-13(19-16-12)18-11(8-14)9-5-4-6-10(7-9)17-2/h4-7,11H,3,8,14H2,1-2H3. The van der Waals surface area contributed by atoms with E-state index in [4.69, 9.17) is 10.5 Å². The molecule has 2 aromatic rings. The highest BCUT2D eigenvalue weighted by atomic mass is 32.2. The van der Waals surface area contributed by atoms with Crippen LogP contribution in [-0.4, -0.2) is 23.0 Å². The van der Waals surface area contributed by atoms with Crippen LogP contribution in [0.25, 0.3) is 0 Å². The number of aryl methyl sites for hydroxylation is 1. The third kappa shape index (κ3) is 3.68. The normalized spacial score (nSPS) is 12.4. The van der Waals surface area contributed by atoms with Gasteiger partial charge in [0, 0.05) is 18.2 Å². The fourth-order valence-electron chi connectivity index (χ4n) is 1.65. The van der Waals surface area contributed by atoms with E-state index in [1.165, 1.54) is 11.5 Å². The van der Waals surface area contributed by atoms with Crippen LogP contribution in [0.5, 0.6) is 5.75 Å². The first kappa shape index (κ1) is 14.3. The summed E-state index contributed by atoms with van der Waals surface area (Å²) in [6.45, 7) is 2.61. The maximum atomic E-state index is 5.88. The molecule has 19 heavy (non-hydrogen) atoms. The van der Waals surface area contributed by atoms with Gasteiger partial charge >= 0.3 is 0 Å². The summed E-state index contributed by atoms with van der Waals surface area (Å²) in [5.41, 5.74) is 7.03. The van der Waals surface area contributed by atoms with E-state index in [0.717, 1.165) is 27.9 Å². The smallest absolute Gasteiger partial charge is 0.170 e. The minimum absolute atomic E-state index is 0.174. The lowest BCUT2D eigenvalue weighted by Gasteiger charge is -2.13. The van der Waals surface area contributed by atoms with E-state index in [2.05, 4.69) is 22.3 Å². The SMILES string of the molecule is CCc1nsc(SC(CN)c2cccc(OC)c2)n1. The van der Waals surface area contributed by atoms with Gasteiger partial charge in [-0.3, -0.25) is 0 Å². The Morgan fingerprint density at radius 1 is 1.47 bits per heavy atom. The molecule has 0 saturated carbocycles. The number of hydrogen-bond donors (Lipinski definition) is 1. The predicted molar refractivity (Wildman–Crippen MR) is 79.9 cm³/mol. The molecule has 1 heterocycles. The maximum Gasteiger partial charge on any atom is 0.170 e. The minimum Gasteiger partial charge on any atom is -0.497 e. The fraction of sp³-hybridized carbons (Fsp3) is 0.385. The molecule has 102 valence electrons. The Hall–Kier alpha value is -1.11. The third-order valence-electron chi connectivity index (χ3n) is 2.69. The van der Waals surface area contributed by atoms with Crippen molar-refractivity contribution in [3.8, 4) is 5.75 Å². The molecule has 0 amide bonds. The molecule has 1 atom stereocenters. The van der Waals surface area contributed by atoms with Gasteiger partial charge in [0.1, 0.15) is 11.6 Å². The highest BCUT2D eigenvalue weighted by Gasteiger charge is 2.15. The first-order valence-corrected chi connectivity index (χ1v) is 7.75. The molecule has 0 bridgehead atoms. The molecule has 4 nitrogen and oxygen atoms in total. The van der Waals surface area contributed by atoms with Crippen molar-refractivity contribution in [1.82, 2.24) is 9.36 Å². The molecule has 2 N–H and O–H groups in total. The summed E-state index contributed by atoms with van der Waals surface area (Å²) < 4.78 is 10.5. The number of methoxy groups -OCH3 is 1. The zero-order valence-electron chi connectivity index (χ0n) is 11.0. The summed E-state index contributed by atoms with van der Waals surface area (Å²) in [4.78, 5) is 4.47. The topological polar surface area (TPSA) is 61.0 Å². The minimum atomic E-state index is 0.174. The second-order valence-electron chi connectivity index (χ2n) is 3.95. The number of thioether (sulfide) groups is 1. The van der Waals surface area contributed by atoms with E-state index in [1.807, 2.05) is 18.2 Å². The van der Waals surface area contributed by atoms with Gasteiger partial charge in [-0.25, -0.2) is 4.98 Å². The number of benzene rings is 1. The Labute approximate surface area is 121 Å². The molecule has 0 aliphatic carbocycles. The van der Waals surface area contributed by atoms with E-state index >= 15 is 0 Å².